The van der Waals surface area contributed by atoms with Crippen molar-refractivity contribution in [1.82, 2.24) is 20.2 Å². The highest BCUT2D eigenvalue weighted by atomic mass is 19.1. The van der Waals surface area contributed by atoms with E-state index in [0.717, 1.165) is 5.69 Å². The number of hydrogen-bond acceptors (Lipinski definition) is 6. The average Bonchev–Trinajstić information content (AvgIpc) is 3.27. The van der Waals surface area contributed by atoms with Crippen molar-refractivity contribution < 1.29 is 23.5 Å². The summed E-state index contributed by atoms with van der Waals surface area (Å²) in [5, 5.41) is 6.11. The molecule has 1 aromatic carbocycles. The van der Waals surface area contributed by atoms with Crippen LogP contribution in [0.15, 0.2) is 36.7 Å². The van der Waals surface area contributed by atoms with Gasteiger partial charge in [-0.05, 0) is 31.0 Å². The standard InChI is InChI=1S/C29H30FN5O4/c1-5-7-23(36)35-16-29(2,3)22(35)15-39-21-14-31-12-10-17(21)25-26(24-19(33-25)11-13-32-28(24)37)34-20-9-6-8-18(30)27(20)38-4/h6,8-10,12,14,22,33-34H,11,13,15-16H2,1-4H3,(H,32,37)/t22-/m0/s1. The molecule has 2 aliphatic rings. The fourth-order valence-corrected chi connectivity index (χ4v) is 5.20. The molecule has 3 aromatic rings. The van der Waals surface area contributed by atoms with Gasteiger partial charge in [-0.2, -0.15) is 0 Å². The van der Waals surface area contributed by atoms with Gasteiger partial charge in [-0.1, -0.05) is 25.8 Å². The number of likely N-dealkylation sites (tertiary alicyclic amines) is 1. The molecule has 4 heterocycles. The molecule has 0 bridgehead atoms. The topological polar surface area (TPSA) is 109 Å². The summed E-state index contributed by atoms with van der Waals surface area (Å²) in [6.07, 6.45) is 3.84. The lowest BCUT2D eigenvalue weighted by molar-refractivity contribution is -0.147. The number of hydrogen-bond donors (Lipinski definition) is 3. The van der Waals surface area contributed by atoms with E-state index in [1.807, 2.05) is 0 Å². The molecule has 0 unspecified atom stereocenters. The number of pyridine rings is 1. The molecule has 3 N–H and O–H groups in total. The zero-order chi connectivity index (χ0) is 27.7. The van der Waals surface area contributed by atoms with E-state index in [9.17, 15) is 14.0 Å². The molecule has 5 rings (SSSR count). The number of anilines is 2. The van der Waals surface area contributed by atoms with Crippen LogP contribution in [0.3, 0.4) is 0 Å². The predicted molar refractivity (Wildman–Crippen MR) is 145 cm³/mol. The van der Waals surface area contributed by atoms with Crippen LogP contribution in [0.2, 0.25) is 0 Å². The third kappa shape index (κ3) is 4.76. The lowest BCUT2D eigenvalue weighted by Gasteiger charge is -2.53. The molecule has 1 saturated heterocycles. The fourth-order valence-electron chi connectivity index (χ4n) is 5.20. The van der Waals surface area contributed by atoms with E-state index in [2.05, 4.69) is 46.3 Å². The van der Waals surface area contributed by atoms with Crippen molar-refractivity contribution in [3.05, 3.63) is 53.7 Å². The second-order valence-corrected chi connectivity index (χ2v) is 10.2. The Balaban J connectivity index is 1.52. The maximum Gasteiger partial charge on any atom is 0.298 e. The Labute approximate surface area is 226 Å². The monoisotopic (exact) mass is 531 g/mol. The number of amides is 2. The smallest absolute Gasteiger partial charge is 0.298 e. The molecule has 9 nitrogen and oxygen atoms in total. The van der Waals surface area contributed by atoms with Crippen LogP contribution in [0, 0.1) is 23.1 Å². The summed E-state index contributed by atoms with van der Waals surface area (Å²) in [7, 11) is 1.39. The van der Waals surface area contributed by atoms with Crippen molar-refractivity contribution in [3.8, 4) is 34.6 Å². The van der Waals surface area contributed by atoms with Crippen LogP contribution in [-0.4, -0.2) is 59.5 Å². The number of carbonyl (C=O) groups excluding carboxylic acids is 2. The van der Waals surface area contributed by atoms with Gasteiger partial charge in [0.05, 0.1) is 42.0 Å². The van der Waals surface area contributed by atoms with Gasteiger partial charge < -0.3 is 30.0 Å². The van der Waals surface area contributed by atoms with Crippen molar-refractivity contribution in [2.75, 3.05) is 32.1 Å². The summed E-state index contributed by atoms with van der Waals surface area (Å²) < 4.78 is 26.1. The van der Waals surface area contributed by atoms with E-state index < -0.39 is 5.82 Å². The number of nitrogens with zero attached hydrogens (tertiary/aromatic N) is 2. The van der Waals surface area contributed by atoms with Crippen LogP contribution in [0.5, 0.6) is 11.5 Å². The molecule has 0 saturated carbocycles. The van der Waals surface area contributed by atoms with Crippen LogP contribution in [0.1, 0.15) is 36.8 Å². The number of H-pyrrole nitrogens is 1. The third-order valence-corrected chi connectivity index (χ3v) is 7.20. The zero-order valence-corrected chi connectivity index (χ0v) is 22.3. The van der Waals surface area contributed by atoms with Crippen LogP contribution in [0.4, 0.5) is 15.8 Å². The van der Waals surface area contributed by atoms with E-state index in [1.54, 1.807) is 42.4 Å². The molecule has 1 fully saturated rings. The molecule has 0 aliphatic carbocycles. The van der Waals surface area contributed by atoms with Crippen molar-refractivity contribution >= 4 is 23.2 Å². The maximum atomic E-state index is 14.5. The second-order valence-electron chi connectivity index (χ2n) is 10.2. The minimum Gasteiger partial charge on any atom is -0.492 e. The second kappa shape index (κ2) is 10.3. The number of halogens is 1. The molecular formula is C29H30FN5O4. The highest BCUT2D eigenvalue weighted by Gasteiger charge is 2.48. The van der Waals surface area contributed by atoms with Crippen molar-refractivity contribution in [2.45, 2.75) is 33.2 Å². The molecule has 2 aliphatic heterocycles. The normalized spacial score (nSPS) is 17.2. The Morgan fingerprint density at radius 2 is 2.15 bits per heavy atom. The molecule has 202 valence electrons. The van der Waals surface area contributed by atoms with Crippen molar-refractivity contribution in [1.29, 1.82) is 0 Å². The molecule has 0 spiro atoms. The molecule has 10 heteroatoms. The molecular weight excluding hydrogens is 501 g/mol. The number of para-hydroxylation sites is 1. The number of nitrogens with one attached hydrogen (secondary N) is 3. The number of benzene rings is 1. The average molecular weight is 532 g/mol. The summed E-state index contributed by atoms with van der Waals surface area (Å²) in [5.41, 5.74) is 3.16. The minimum atomic E-state index is -0.527. The number of rotatable bonds is 7. The third-order valence-electron chi connectivity index (χ3n) is 7.20. The number of methoxy groups -OCH3 is 1. The number of fused-ring (bicyclic) bond motifs is 1. The Hall–Kier alpha value is -4.52. The Bertz CT molecular complexity index is 1500. The number of aromatic amines is 1. The molecule has 0 radical (unpaired) electrons. The lowest BCUT2D eigenvalue weighted by atomic mass is 9.75. The summed E-state index contributed by atoms with van der Waals surface area (Å²) >= 11 is 0. The predicted octanol–water partition coefficient (Wildman–Crippen LogP) is 3.89. The van der Waals surface area contributed by atoms with Gasteiger partial charge in [0.15, 0.2) is 11.6 Å². The lowest BCUT2D eigenvalue weighted by Crippen LogP contribution is -2.65. The number of carbonyl (C=O) groups is 2. The molecule has 2 amide bonds. The van der Waals surface area contributed by atoms with Gasteiger partial charge in [0, 0.05) is 42.4 Å². The van der Waals surface area contributed by atoms with Gasteiger partial charge in [-0.25, -0.2) is 4.39 Å². The van der Waals surface area contributed by atoms with Gasteiger partial charge >= 0.3 is 0 Å². The highest BCUT2D eigenvalue weighted by molar-refractivity contribution is 6.06. The van der Waals surface area contributed by atoms with Crippen LogP contribution in [-0.2, 0) is 11.2 Å². The van der Waals surface area contributed by atoms with Gasteiger partial charge in [0.1, 0.15) is 12.4 Å². The van der Waals surface area contributed by atoms with Gasteiger partial charge in [-0.3, -0.25) is 14.6 Å². The van der Waals surface area contributed by atoms with E-state index >= 15 is 0 Å². The van der Waals surface area contributed by atoms with Gasteiger partial charge in [-0.15, -0.1) is 0 Å². The Kier molecular flexibility index (Phi) is 6.91. The van der Waals surface area contributed by atoms with E-state index in [-0.39, 0.29) is 35.6 Å². The number of ether oxygens (including phenoxy) is 2. The SMILES string of the molecule is CC#CC(=O)N1CC(C)(C)[C@@H]1COc1cnccc1-c1[nH]c2c(c1Nc1cccc(F)c1OC)C(=O)NCC2. The first-order chi connectivity index (χ1) is 18.7. The maximum absolute atomic E-state index is 14.5. The molecule has 2 aromatic heterocycles. The number of aromatic nitrogens is 2. The molecule has 1 atom stereocenters. The van der Waals surface area contributed by atoms with Gasteiger partial charge in [0.25, 0.3) is 11.8 Å². The van der Waals surface area contributed by atoms with Crippen LogP contribution < -0.4 is 20.1 Å². The summed E-state index contributed by atoms with van der Waals surface area (Å²) in [5.74, 6) is 4.79. The Morgan fingerprint density at radius 1 is 1.33 bits per heavy atom. The van der Waals surface area contributed by atoms with Crippen molar-refractivity contribution in [2.24, 2.45) is 5.41 Å². The van der Waals surface area contributed by atoms with Gasteiger partial charge in [0.2, 0.25) is 0 Å². The van der Waals surface area contributed by atoms with E-state index in [1.165, 1.54) is 13.2 Å². The largest absolute Gasteiger partial charge is 0.492 e. The Morgan fingerprint density at radius 3 is 2.90 bits per heavy atom. The first-order valence-corrected chi connectivity index (χ1v) is 12.7. The van der Waals surface area contributed by atoms with E-state index in [4.69, 9.17) is 9.47 Å². The molecule has 39 heavy (non-hydrogen) atoms. The van der Waals surface area contributed by atoms with E-state index in [0.29, 0.717) is 53.5 Å². The summed E-state index contributed by atoms with van der Waals surface area (Å²) in [4.78, 5) is 34.8. The van der Waals surface area contributed by atoms with Crippen LogP contribution >= 0.6 is 0 Å². The summed E-state index contributed by atoms with van der Waals surface area (Å²) in [6, 6.07) is 6.17. The first kappa shape index (κ1) is 26.1. The quantitative estimate of drug-likeness (QED) is 0.399. The minimum absolute atomic E-state index is 0.0352. The first-order valence-electron chi connectivity index (χ1n) is 12.7. The summed E-state index contributed by atoms with van der Waals surface area (Å²) in [6.45, 7) is 7.13. The zero-order valence-electron chi connectivity index (χ0n) is 22.3. The van der Waals surface area contributed by atoms with Crippen LogP contribution in [0.25, 0.3) is 11.3 Å². The fraction of sp³-hybridized carbons (Fsp3) is 0.345. The van der Waals surface area contributed by atoms with Crippen molar-refractivity contribution in [3.63, 3.8) is 0 Å². The highest BCUT2D eigenvalue weighted by Crippen LogP contribution is 2.43.